The van der Waals surface area contributed by atoms with Gasteiger partial charge in [-0.1, -0.05) is 17.3 Å². The summed E-state index contributed by atoms with van der Waals surface area (Å²) in [6, 6.07) is 6.26. The number of non-ortho nitro benzene ring substituents is 1. The second kappa shape index (κ2) is 5.38. The molecule has 104 valence electrons. The van der Waals surface area contributed by atoms with Crippen LogP contribution in [0.1, 0.15) is 18.7 Å². The minimum atomic E-state index is -0.432. The van der Waals surface area contributed by atoms with Crippen LogP contribution in [0.4, 0.5) is 5.69 Å². The molecule has 0 bridgehead atoms. The summed E-state index contributed by atoms with van der Waals surface area (Å²) in [6.45, 7) is 2.99. The maximum atomic E-state index is 10.8. The Morgan fingerprint density at radius 1 is 1.35 bits per heavy atom. The average molecular weight is 275 g/mol. The zero-order valence-corrected chi connectivity index (χ0v) is 10.9. The molecule has 1 aromatic heterocycles. The third-order valence-corrected chi connectivity index (χ3v) is 3.50. The van der Waals surface area contributed by atoms with Gasteiger partial charge < -0.3 is 9.42 Å². The van der Waals surface area contributed by atoms with Crippen molar-refractivity contribution in [2.45, 2.75) is 19.4 Å². The van der Waals surface area contributed by atoms with Crippen LogP contribution in [-0.2, 0) is 6.54 Å². The van der Waals surface area contributed by atoms with Gasteiger partial charge in [0.1, 0.15) is 0 Å². The van der Waals surface area contributed by atoms with Gasteiger partial charge in [0.05, 0.1) is 18.0 Å². The van der Waals surface area contributed by atoms with Gasteiger partial charge in [0.15, 0.2) is 6.54 Å². The Labute approximate surface area is 115 Å². The average Bonchev–Trinajstić information content (AvgIpc) is 3.11. The van der Waals surface area contributed by atoms with Crippen molar-refractivity contribution in [2.24, 2.45) is 0 Å². The first-order chi connectivity index (χ1) is 9.72. The van der Waals surface area contributed by atoms with Crippen molar-refractivity contribution in [2.75, 3.05) is 13.1 Å². The lowest BCUT2D eigenvalue weighted by molar-refractivity contribution is -0.902. The maximum Gasteiger partial charge on any atom is 0.282 e. The summed E-state index contributed by atoms with van der Waals surface area (Å²) < 4.78 is 5.23. The summed E-state index contributed by atoms with van der Waals surface area (Å²) in [4.78, 5) is 16.1. The SMILES string of the molecule is O=[N+]([O-])c1cccc(-c2noc(C[NH+]3CCCC3)n2)c1. The number of aromatic nitrogens is 2. The number of nitrogens with one attached hydrogen (secondary N) is 1. The molecule has 7 heteroatoms. The van der Waals surface area contributed by atoms with Crippen molar-refractivity contribution < 1.29 is 14.3 Å². The van der Waals surface area contributed by atoms with Gasteiger partial charge in [-0.05, 0) is 0 Å². The molecule has 2 heterocycles. The van der Waals surface area contributed by atoms with E-state index < -0.39 is 4.92 Å². The molecule has 0 atom stereocenters. The molecule has 1 aromatic carbocycles. The van der Waals surface area contributed by atoms with E-state index in [1.54, 1.807) is 12.1 Å². The number of benzene rings is 1. The largest absolute Gasteiger partial charge is 0.333 e. The van der Waals surface area contributed by atoms with E-state index in [0.29, 0.717) is 17.3 Å². The van der Waals surface area contributed by atoms with Gasteiger partial charge in [-0.3, -0.25) is 10.1 Å². The van der Waals surface area contributed by atoms with E-state index in [9.17, 15) is 10.1 Å². The van der Waals surface area contributed by atoms with Gasteiger partial charge in [0.2, 0.25) is 5.82 Å². The van der Waals surface area contributed by atoms with Crippen LogP contribution in [0.2, 0.25) is 0 Å². The van der Waals surface area contributed by atoms with Crippen molar-refractivity contribution >= 4 is 5.69 Å². The Morgan fingerprint density at radius 2 is 2.15 bits per heavy atom. The maximum absolute atomic E-state index is 10.8. The van der Waals surface area contributed by atoms with E-state index in [1.165, 1.54) is 29.9 Å². The molecule has 0 aliphatic carbocycles. The fourth-order valence-electron chi connectivity index (χ4n) is 2.47. The van der Waals surface area contributed by atoms with Gasteiger partial charge in [0.25, 0.3) is 11.6 Å². The molecule has 1 N–H and O–H groups in total. The van der Waals surface area contributed by atoms with Crippen molar-refractivity contribution in [1.29, 1.82) is 0 Å². The number of rotatable bonds is 4. The first-order valence-electron chi connectivity index (χ1n) is 6.63. The lowest BCUT2D eigenvalue weighted by atomic mass is 10.2. The Morgan fingerprint density at radius 3 is 2.90 bits per heavy atom. The Hall–Kier alpha value is -2.28. The van der Waals surface area contributed by atoms with E-state index in [4.69, 9.17) is 4.52 Å². The van der Waals surface area contributed by atoms with Crippen LogP contribution in [0.3, 0.4) is 0 Å². The molecular formula is C13H15N4O3+. The predicted molar refractivity (Wildman–Crippen MR) is 70.0 cm³/mol. The minimum absolute atomic E-state index is 0.0269. The first-order valence-corrected chi connectivity index (χ1v) is 6.63. The second-order valence-corrected chi connectivity index (χ2v) is 4.95. The monoisotopic (exact) mass is 275 g/mol. The zero-order chi connectivity index (χ0) is 13.9. The lowest BCUT2D eigenvalue weighted by Gasteiger charge is -2.07. The molecule has 1 aliphatic heterocycles. The van der Waals surface area contributed by atoms with Crippen LogP contribution in [0.5, 0.6) is 0 Å². The van der Waals surface area contributed by atoms with Crippen LogP contribution in [0, 0.1) is 10.1 Å². The van der Waals surface area contributed by atoms with Crippen molar-refractivity contribution in [3.63, 3.8) is 0 Å². The third-order valence-electron chi connectivity index (χ3n) is 3.50. The highest BCUT2D eigenvalue weighted by Gasteiger charge is 2.20. The second-order valence-electron chi connectivity index (χ2n) is 4.95. The fraction of sp³-hybridized carbons (Fsp3) is 0.385. The highest BCUT2D eigenvalue weighted by atomic mass is 16.6. The van der Waals surface area contributed by atoms with Crippen LogP contribution in [0.25, 0.3) is 11.4 Å². The summed E-state index contributed by atoms with van der Waals surface area (Å²) >= 11 is 0. The van der Waals surface area contributed by atoms with Crippen LogP contribution in [0.15, 0.2) is 28.8 Å². The highest BCUT2D eigenvalue weighted by Crippen LogP contribution is 2.21. The predicted octanol–water partition coefficient (Wildman–Crippen LogP) is 0.823. The first kappa shape index (κ1) is 12.7. The molecule has 3 rings (SSSR count). The van der Waals surface area contributed by atoms with E-state index in [-0.39, 0.29) is 5.69 Å². The molecule has 1 aliphatic rings. The number of hydrogen-bond donors (Lipinski definition) is 1. The molecule has 1 fully saturated rings. The van der Waals surface area contributed by atoms with Crippen LogP contribution < -0.4 is 4.90 Å². The quantitative estimate of drug-likeness (QED) is 0.659. The number of hydrogen-bond acceptors (Lipinski definition) is 5. The molecule has 2 aromatic rings. The number of quaternary nitrogens is 1. The van der Waals surface area contributed by atoms with Crippen molar-refractivity contribution in [1.82, 2.24) is 10.1 Å². The fourth-order valence-corrected chi connectivity index (χ4v) is 2.47. The van der Waals surface area contributed by atoms with Crippen LogP contribution in [-0.4, -0.2) is 28.2 Å². The topological polar surface area (TPSA) is 86.5 Å². The van der Waals surface area contributed by atoms with Gasteiger partial charge >= 0.3 is 0 Å². The van der Waals surface area contributed by atoms with Gasteiger partial charge in [-0.15, -0.1) is 0 Å². The molecule has 1 saturated heterocycles. The summed E-state index contributed by atoms with van der Waals surface area (Å²) in [6.07, 6.45) is 2.47. The normalized spacial score (nSPS) is 15.6. The molecule has 0 spiro atoms. The zero-order valence-electron chi connectivity index (χ0n) is 10.9. The summed E-state index contributed by atoms with van der Waals surface area (Å²) in [7, 11) is 0. The smallest absolute Gasteiger partial charge is 0.282 e. The van der Waals surface area contributed by atoms with E-state index in [2.05, 4.69) is 10.1 Å². The molecule has 0 radical (unpaired) electrons. The summed E-state index contributed by atoms with van der Waals surface area (Å²) in [5.41, 5.74) is 0.629. The van der Waals surface area contributed by atoms with E-state index >= 15 is 0 Å². The van der Waals surface area contributed by atoms with Gasteiger partial charge in [-0.25, -0.2) is 0 Å². The molecule has 20 heavy (non-hydrogen) atoms. The minimum Gasteiger partial charge on any atom is -0.333 e. The summed E-state index contributed by atoms with van der Waals surface area (Å²) in [5, 5.41) is 14.7. The molecule has 0 amide bonds. The summed E-state index contributed by atoms with van der Waals surface area (Å²) in [5.74, 6) is 0.991. The van der Waals surface area contributed by atoms with Gasteiger partial charge in [0, 0.05) is 30.5 Å². The van der Waals surface area contributed by atoms with Gasteiger partial charge in [-0.2, -0.15) is 4.98 Å². The third kappa shape index (κ3) is 2.67. The Kier molecular flexibility index (Phi) is 3.42. The Balaban J connectivity index is 1.78. The highest BCUT2D eigenvalue weighted by molar-refractivity contribution is 5.58. The van der Waals surface area contributed by atoms with Crippen molar-refractivity contribution in [3.05, 3.63) is 40.3 Å². The van der Waals surface area contributed by atoms with Crippen molar-refractivity contribution in [3.8, 4) is 11.4 Å². The molecular weight excluding hydrogens is 260 g/mol. The number of nitro benzene ring substituents is 1. The Bertz CT molecular complexity index is 620. The lowest BCUT2D eigenvalue weighted by Crippen LogP contribution is -3.08. The molecule has 0 saturated carbocycles. The van der Waals surface area contributed by atoms with E-state index in [0.717, 1.165) is 19.6 Å². The van der Waals surface area contributed by atoms with Crippen LogP contribution >= 0.6 is 0 Å². The number of nitro groups is 1. The van der Waals surface area contributed by atoms with E-state index in [1.807, 2.05) is 0 Å². The number of nitrogens with zero attached hydrogens (tertiary/aromatic N) is 3. The standard InChI is InChI=1S/C13H14N4O3/c18-17(19)11-5-3-4-10(8-11)13-14-12(20-15-13)9-16-6-1-2-7-16/h3-5,8H,1-2,6-7,9H2/p+1. The number of likely N-dealkylation sites (tertiary alicyclic amines) is 1. The molecule has 7 nitrogen and oxygen atoms in total. The molecule has 0 unspecified atom stereocenters.